The van der Waals surface area contributed by atoms with Gasteiger partial charge in [0.25, 0.3) is 0 Å². The van der Waals surface area contributed by atoms with Crippen LogP contribution in [0.5, 0.6) is 0 Å². The van der Waals surface area contributed by atoms with E-state index >= 15 is 0 Å². The molecule has 116 valence electrons. The Balaban J connectivity index is 1.54. The molecule has 0 aliphatic carbocycles. The third-order valence-corrected chi connectivity index (χ3v) is 6.59. The fraction of sp³-hybridized carbons (Fsp3) is 0.625. The number of nitrogens with zero attached hydrogens (tertiary/aromatic N) is 1. The Morgan fingerprint density at radius 3 is 2.33 bits per heavy atom. The van der Waals surface area contributed by atoms with E-state index in [1.807, 2.05) is 6.07 Å². The number of piperidine rings is 1. The number of rotatable bonds is 3. The fourth-order valence-electron chi connectivity index (χ4n) is 3.67. The molecule has 2 unspecified atom stereocenters. The van der Waals surface area contributed by atoms with Gasteiger partial charge in [0.1, 0.15) is 0 Å². The Morgan fingerprint density at radius 2 is 1.76 bits per heavy atom. The van der Waals surface area contributed by atoms with Crippen LogP contribution in [0.1, 0.15) is 18.4 Å². The summed E-state index contributed by atoms with van der Waals surface area (Å²) in [5, 5.41) is 0. The molecular formula is C16H24N2O2S. The lowest BCUT2D eigenvalue weighted by Crippen LogP contribution is -2.50. The van der Waals surface area contributed by atoms with Crippen molar-refractivity contribution in [3.63, 3.8) is 0 Å². The predicted molar refractivity (Wildman–Crippen MR) is 84.9 cm³/mol. The Labute approximate surface area is 127 Å². The molecule has 0 bridgehead atoms. The zero-order valence-corrected chi connectivity index (χ0v) is 13.1. The van der Waals surface area contributed by atoms with E-state index in [1.165, 1.54) is 5.56 Å². The molecule has 0 radical (unpaired) electrons. The zero-order valence-electron chi connectivity index (χ0n) is 12.3. The van der Waals surface area contributed by atoms with Gasteiger partial charge in [-0.1, -0.05) is 30.3 Å². The van der Waals surface area contributed by atoms with Crippen molar-refractivity contribution >= 4 is 9.84 Å². The van der Waals surface area contributed by atoms with Crippen molar-refractivity contribution in [3.8, 4) is 0 Å². The van der Waals surface area contributed by atoms with Crippen molar-refractivity contribution in [2.75, 3.05) is 24.6 Å². The molecule has 0 spiro atoms. The molecular weight excluding hydrogens is 284 g/mol. The molecule has 2 aliphatic heterocycles. The molecule has 5 heteroatoms. The third kappa shape index (κ3) is 3.65. The summed E-state index contributed by atoms with van der Waals surface area (Å²) in [7, 11) is -2.92. The van der Waals surface area contributed by atoms with Gasteiger partial charge in [-0.05, 0) is 43.8 Å². The summed E-state index contributed by atoms with van der Waals surface area (Å²) in [5.41, 5.74) is 7.42. The highest BCUT2D eigenvalue weighted by Crippen LogP contribution is 2.26. The van der Waals surface area contributed by atoms with Gasteiger partial charge < -0.3 is 5.73 Å². The smallest absolute Gasteiger partial charge is 0.153 e. The molecule has 2 fully saturated rings. The minimum atomic E-state index is -2.92. The van der Waals surface area contributed by atoms with E-state index in [9.17, 15) is 8.42 Å². The number of nitrogens with two attached hydrogens (primary N) is 1. The second kappa shape index (κ2) is 6.07. The van der Waals surface area contributed by atoms with Crippen LogP contribution in [0.2, 0.25) is 0 Å². The van der Waals surface area contributed by atoms with Gasteiger partial charge in [0, 0.05) is 12.1 Å². The highest BCUT2D eigenvalue weighted by atomic mass is 32.2. The molecule has 2 N–H and O–H groups in total. The number of sulfone groups is 1. The van der Waals surface area contributed by atoms with E-state index in [4.69, 9.17) is 5.73 Å². The molecule has 21 heavy (non-hydrogen) atoms. The van der Waals surface area contributed by atoms with Crippen LogP contribution in [-0.2, 0) is 16.3 Å². The highest BCUT2D eigenvalue weighted by Gasteiger charge is 2.39. The van der Waals surface area contributed by atoms with Gasteiger partial charge in [-0.2, -0.15) is 0 Å². The molecule has 4 nitrogen and oxygen atoms in total. The summed E-state index contributed by atoms with van der Waals surface area (Å²) in [5.74, 6) is 1.11. The first-order chi connectivity index (χ1) is 10.0. The first-order valence-corrected chi connectivity index (χ1v) is 9.59. The monoisotopic (exact) mass is 308 g/mol. The highest BCUT2D eigenvalue weighted by molar-refractivity contribution is 7.91. The average molecular weight is 308 g/mol. The lowest BCUT2D eigenvalue weighted by Gasteiger charge is -2.37. The normalized spacial score (nSPS) is 30.5. The molecule has 2 aliphatic rings. The van der Waals surface area contributed by atoms with Crippen LogP contribution in [-0.4, -0.2) is 50.0 Å². The van der Waals surface area contributed by atoms with E-state index in [0.717, 1.165) is 32.4 Å². The van der Waals surface area contributed by atoms with Crippen LogP contribution >= 0.6 is 0 Å². The molecule has 3 rings (SSSR count). The van der Waals surface area contributed by atoms with E-state index in [1.54, 1.807) is 0 Å². The van der Waals surface area contributed by atoms with E-state index in [2.05, 4.69) is 29.2 Å². The van der Waals surface area contributed by atoms with Crippen molar-refractivity contribution in [1.82, 2.24) is 4.90 Å². The number of likely N-dealkylation sites (tertiary alicyclic amines) is 1. The first kappa shape index (κ1) is 15.0. The Kier molecular flexibility index (Phi) is 4.33. The second-order valence-electron chi connectivity index (χ2n) is 6.48. The van der Waals surface area contributed by atoms with E-state index in [-0.39, 0.29) is 23.6 Å². The summed E-state index contributed by atoms with van der Waals surface area (Å²) in [6, 6.07) is 10.4. The standard InChI is InChI=1S/C16H24N2O2S/c17-15-11-21(19,20)12-16(15)18-8-6-14(7-9-18)10-13-4-2-1-3-5-13/h1-5,14-16H,6-12,17H2. The van der Waals surface area contributed by atoms with E-state index in [0.29, 0.717) is 5.92 Å². The molecule has 1 aromatic rings. The maximum atomic E-state index is 11.7. The van der Waals surface area contributed by atoms with Crippen molar-refractivity contribution in [1.29, 1.82) is 0 Å². The SMILES string of the molecule is NC1CS(=O)(=O)CC1N1CCC(Cc2ccccc2)CC1. The predicted octanol–water partition coefficient (Wildman–Crippen LogP) is 1.07. The van der Waals surface area contributed by atoms with Crippen molar-refractivity contribution in [2.45, 2.75) is 31.3 Å². The van der Waals surface area contributed by atoms with Gasteiger partial charge in [0.2, 0.25) is 0 Å². The molecule has 2 saturated heterocycles. The minimum absolute atomic E-state index is 0.0349. The van der Waals surface area contributed by atoms with Crippen molar-refractivity contribution < 1.29 is 8.42 Å². The second-order valence-corrected chi connectivity index (χ2v) is 8.63. The Morgan fingerprint density at radius 1 is 1.10 bits per heavy atom. The third-order valence-electron chi connectivity index (χ3n) is 4.85. The fourth-order valence-corrected chi connectivity index (χ4v) is 5.59. The van der Waals surface area contributed by atoms with Crippen LogP contribution < -0.4 is 5.73 Å². The van der Waals surface area contributed by atoms with Gasteiger partial charge in [0.15, 0.2) is 9.84 Å². The molecule has 1 aromatic carbocycles. The Bertz CT molecular complexity index is 565. The number of benzene rings is 1. The molecule has 0 amide bonds. The number of hydrogen-bond donors (Lipinski definition) is 1. The largest absolute Gasteiger partial charge is 0.325 e. The lowest BCUT2D eigenvalue weighted by atomic mass is 9.89. The van der Waals surface area contributed by atoms with Crippen LogP contribution in [0.25, 0.3) is 0 Å². The summed E-state index contributed by atoms with van der Waals surface area (Å²) < 4.78 is 23.4. The molecule has 0 saturated carbocycles. The van der Waals surface area contributed by atoms with Crippen LogP contribution in [0.3, 0.4) is 0 Å². The Hall–Kier alpha value is -0.910. The summed E-state index contributed by atoms with van der Waals surface area (Å²) in [6.45, 7) is 1.96. The summed E-state index contributed by atoms with van der Waals surface area (Å²) in [4.78, 5) is 2.30. The molecule has 2 heterocycles. The quantitative estimate of drug-likeness (QED) is 0.907. The van der Waals surface area contributed by atoms with Crippen LogP contribution in [0.4, 0.5) is 0 Å². The zero-order chi connectivity index (χ0) is 14.9. The van der Waals surface area contributed by atoms with Crippen LogP contribution in [0, 0.1) is 5.92 Å². The molecule has 0 aromatic heterocycles. The van der Waals surface area contributed by atoms with Crippen molar-refractivity contribution in [2.24, 2.45) is 11.7 Å². The maximum absolute atomic E-state index is 11.7. The minimum Gasteiger partial charge on any atom is -0.325 e. The molecule has 2 atom stereocenters. The summed E-state index contributed by atoms with van der Waals surface area (Å²) >= 11 is 0. The maximum Gasteiger partial charge on any atom is 0.153 e. The first-order valence-electron chi connectivity index (χ1n) is 7.77. The average Bonchev–Trinajstić information content (AvgIpc) is 2.74. The van der Waals surface area contributed by atoms with Crippen LogP contribution in [0.15, 0.2) is 30.3 Å². The van der Waals surface area contributed by atoms with Gasteiger partial charge in [-0.15, -0.1) is 0 Å². The van der Waals surface area contributed by atoms with Gasteiger partial charge in [-0.3, -0.25) is 4.90 Å². The van der Waals surface area contributed by atoms with Gasteiger partial charge in [0.05, 0.1) is 11.5 Å². The van der Waals surface area contributed by atoms with Gasteiger partial charge in [-0.25, -0.2) is 8.42 Å². The topological polar surface area (TPSA) is 63.4 Å². The summed E-state index contributed by atoms with van der Waals surface area (Å²) in [6.07, 6.45) is 3.40. The van der Waals surface area contributed by atoms with Gasteiger partial charge >= 0.3 is 0 Å². The van der Waals surface area contributed by atoms with E-state index < -0.39 is 9.84 Å². The van der Waals surface area contributed by atoms with Crippen molar-refractivity contribution in [3.05, 3.63) is 35.9 Å². The lowest BCUT2D eigenvalue weighted by molar-refractivity contribution is 0.135. The number of hydrogen-bond acceptors (Lipinski definition) is 4.